The van der Waals surface area contributed by atoms with E-state index in [2.05, 4.69) is 39.1 Å². The van der Waals surface area contributed by atoms with Gasteiger partial charge in [-0.15, -0.1) is 11.3 Å². The Morgan fingerprint density at radius 1 is 1.44 bits per heavy atom. The Morgan fingerprint density at radius 3 is 2.56 bits per heavy atom. The topological polar surface area (TPSA) is 21.3 Å². The van der Waals surface area contributed by atoms with Crippen molar-refractivity contribution < 1.29 is 4.74 Å². The van der Waals surface area contributed by atoms with Crippen molar-refractivity contribution in [3.8, 4) is 0 Å². The number of nitrogens with one attached hydrogen (secondary N) is 1. The highest BCUT2D eigenvalue weighted by molar-refractivity contribution is 7.16. The minimum absolute atomic E-state index is 0.102. The van der Waals surface area contributed by atoms with Crippen molar-refractivity contribution in [1.29, 1.82) is 0 Å². The lowest BCUT2D eigenvalue weighted by molar-refractivity contribution is -0.0142. The molecule has 2 nitrogen and oxygen atoms in total. The van der Waals surface area contributed by atoms with Crippen molar-refractivity contribution in [2.24, 2.45) is 0 Å². The second-order valence-corrected chi connectivity index (χ2v) is 6.42. The van der Waals surface area contributed by atoms with Gasteiger partial charge in [-0.25, -0.2) is 0 Å². The van der Waals surface area contributed by atoms with E-state index in [1.807, 2.05) is 6.07 Å². The summed E-state index contributed by atoms with van der Waals surface area (Å²) in [4.78, 5) is 1.23. The summed E-state index contributed by atoms with van der Waals surface area (Å²) < 4.78 is 6.64. The number of hydrogen-bond acceptors (Lipinski definition) is 3. The van der Waals surface area contributed by atoms with Crippen LogP contribution in [0.1, 0.15) is 38.6 Å². The number of thiophene rings is 1. The minimum atomic E-state index is -0.102. The predicted molar refractivity (Wildman–Crippen MR) is 71.5 cm³/mol. The van der Waals surface area contributed by atoms with Gasteiger partial charge < -0.3 is 10.1 Å². The smallest absolute Gasteiger partial charge is 0.0931 e. The van der Waals surface area contributed by atoms with Crippen molar-refractivity contribution in [3.63, 3.8) is 0 Å². The minimum Gasteiger partial charge on any atom is -0.374 e. The zero-order valence-corrected chi connectivity index (χ0v) is 11.9. The molecule has 92 valence electrons. The van der Waals surface area contributed by atoms with Gasteiger partial charge in [0.25, 0.3) is 0 Å². The highest BCUT2D eigenvalue weighted by Gasteiger charge is 2.17. The average molecular weight is 262 g/mol. The fourth-order valence-electron chi connectivity index (χ4n) is 1.34. The molecular formula is C12H20ClNOS. The number of halogens is 1. The third-order valence-electron chi connectivity index (χ3n) is 2.07. The maximum atomic E-state index is 5.94. The fraction of sp³-hybridized carbons (Fsp3) is 0.667. The summed E-state index contributed by atoms with van der Waals surface area (Å²) in [6.45, 7) is 9.90. The Bertz CT molecular complexity index is 319. The Hall–Kier alpha value is -0.0900. The van der Waals surface area contributed by atoms with Crippen molar-refractivity contribution >= 4 is 22.9 Å². The molecule has 1 aromatic rings. The maximum absolute atomic E-state index is 5.94. The van der Waals surface area contributed by atoms with Gasteiger partial charge in [0.1, 0.15) is 0 Å². The SMILES string of the molecule is CCNC(COC(C)(C)C)c1ccc(Cl)s1. The number of likely N-dealkylation sites (N-methyl/N-ethyl adjacent to an activating group) is 1. The third kappa shape index (κ3) is 4.83. The van der Waals surface area contributed by atoms with Crippen LogP contribution in [-0.2, 0) is 4.74 Å². The quantitative estimate of drug-likeness (QED) is 0.869. The molecule has 16 heavy (non-hydrogen) atoms. The lowest BCUT2D eigenvalue weighted by Gasteiger charge is -2.24. The molecule has 4 heteroatoms. The zero-order chi connectivity index (χ0) is 12.2. The largest absolute Gasteiger partial charge is 0.374 e. The molecule has 0 bridgehead atoms. The van der Waals surface area contributed by atoms with Crippen LogP contribution in [0.5, 0.6) is 0 Å². The predicted octanol–water partition coefficient (Wildman–Crippen LogP) is 3.87. The second-order valence-electron chi connectivity index (χ2n) is 4.68. The fourth-order valence-corrected chi connectivity index (χ4v) is 2.46. The highest BCUT2D eigenvalue weighted by atomic mass is 35.5. The lowest BCUT2D eigenvalue weighted by Crippen LogP contribution is -2.29. The molecule has 1 rings (SSSR count). The van der Waals surface area contributed by atoms with Crippen molar-refractivity contribution in [3.05, 3.63) is 21.3 Å². The first-order chi connectivity index (χ1) is 7.42. The van der Waals surface area contributed by atoms with Crippen LogP contribution in [0.15, 0.2) is 12.1 Å². The molecule has 1 atom stereocenters. The van der Waals surface area contributed by atoms with Crippen LogP contribution in [0.25, 0.3) is 0 Å². The molecule has 0 saturated heterocycles. The van der Waals surface area contributed by atoms with E-state index in [1.54, 1.807) is 11.3 Å². The van der Waals surface area contributed by atoms with E-state index in [9.17, 15) is 0 Å². The van der Waals surface area contributed by atoms with Crippen LogP contribution in [0.4, 0.5) is 0 Å². The molecule has 1 aromatic heterocycles. The first-order valence-corrected chi connectivity index (χ1v) is 6.74. The van der Waals surface area contributed by atoms with E-state index in [0.717, 1.165) is 10.9 Å². The van der Waals surface area contributed by atoms with E-state index < -0.39 is 0 Å². The van der Waals surface area contributed by atoms with Crippen LogP contribution >= 0.6 is 22.9 Å². The summed E-state index contributed by atoms with van der Waals surface area (Å²) in [7, 11) is 0. The first-order valence-electron chi connectivity index (χ1n) is 5.55. The molecule has 0 aliphatic carbocycles. The average Bonchev–Trinajstić information content (AvgIpc) is 2.57. The van der Waals surface area contributed by atoms with E-state index in [0.29, 0.717) is 6.61 Å². The molecule has 0 amide bonds. The van der Waals surface area contributed by atoms with Gasteiger partial charge in [0.05, 0.1) is 22.6 Å². The molecule has 0 spiro atoms. The molecule has 0 radical (unpaired) electrons. The van der Waals surface area contributed by atoms with E-state index in [4.69, 9.17) is 16.3 Å². The molecule has 0 fully saturated rings. The molecule has 1 heterocycles. The Labute approximate surface area is 107 Å². The van der Waals surface area contributed by atoms with Gasteiger partial charge in [-0.3, -0.25) is 0 Å². The van der Waals surface area contributed by atoms with Gasteiger partial charge in [-0.05, 0) is 39.4 Å². The number of ether oxygens (including phenoxy) is 1. The summed E-state index contributed by atoms with van der Waals surface area (Å²) in [6.07, 6.45) is 0. The molecule has 0 aliphatic heterocycles. The van der Waals surface area contributed by atoms with Gasteiger partial charge in [0, 0.05) is 4.88 Å². The van der Waals surface area contributed by atoms with Crippen LogP contribution in [-0.4, -0.2) is 18.8 Å². The van der Waals surface area contributed by atoms with Gasteiger partial charge >= 0.3 is 0 Å². The van der Waals surface area contributed by atoms with Gasteiger partial charge in [0.2, 0.25) is 0 Å². The summed E-state index contributed by atoms with van der Waals surface area (Å²) in [6, 6.07) is 4.23. The zero-order valence-electron chi connectivity index (χ0n) is 10.3. The summed E-state index contributed by atoms with van der Waals surface area (Å²) >= 11 is 7.55. The number of hydrogen-bond donors (Lipinski definition) is 1. The maximum Gasteiger partial charge on any atom is 0.0931 e. The van der Waals surface area contributed by atoms with E-state index in [1.165, 1.54) is 4.88 Å². The van der Waals surface area contributed by atoms with Crippen LogP contribution in [0.3, 0.4) is 0 Å². The molecule has 0 saturated carbocycles. The van der Waals surface area contributed by atoms with Crippen molar-refractivity contribution in [1.82, 2.24) is 5.32 Å². The molecule has 1 unspecified atom stereocenters. The third-order valence-corrected chi connectivity index (χ3v) is 3.42. The summed E-state index contributed by atoms with van der Waals surface area (Å²) in [5.41, 5.74) is -0.102. The summed E-state index contributed by atoms with van der Waals surface area (Å²) in [5, 5.41) is 3.41. The Balaban J connectivity index is 2.61. The highest BCUT2D eigenvalue weighted by Crippen LogP contribution is 2.27. The Kier molecular flexibility index (Phi) is 5.25. The second kappa shape index (κ2) is 6.01. The van der Waals surface area contributed by atoms with E-state index >= 15 is 0 Å². The summed E-state index contributed by atoms with van der Waals surface area (Å²) in [5.74, 6) is 0. The molecule has 1 N–H and O–H groups in total. The molecular weight excluding hydrogens is 242 g/mol. The van der Waals surface area contributed by atoms with Crippen LogP contribution < -0.4 is 5.32 Å². The van der Waals surface area contributed by atoms with Crippen LogP contribution in [0, 0.1) is 0 Å². The van der Waals surface area contributed by atoms with Crippen molar-refractivity contribution in [2.75, 3.05) is 13.2 Å². The molecule has 0 aliphatic rings. The Morgan fingerprint density at radius 2 is 2.12 bits per heavy atom. The monoisotopic (exact) mass is 261 g/mol. The van der Waals surface area contributed by atoms with E-state index in [-0.39, 0.29) is 11.6 Å². The van der Waals surface area contributed by atoms with Gasteiger partial charge in [-0.1, -0.05) is 18.5 Å². The number of rotatable bonds is 5. The molecule has 0 aromatic carbocycles. The lowest BCUT2D eigenvalue weighted by atomic mass is 10.2. The standard InChI is InChI=1S/C12H20ClNOS/c1-5-14-9(8-15-12(2,3)4)10-6-7-11(13)16-10/h6-7,9,14H,5,8H2,1-4H3. The van der Waals surface area contributed by atoms with Crippen LogP contribution in [0.2, 0.25) is 4.34 Å². The van der Waals surface area contributed by atoms with Gasteiger partial charge in [-0.2, -0.15) is 0 Å². The first kappa shape index (κ1) is 14.0. The van der Waals surface area contributed by atoms with Gasteiger partial charge in [0.15, 0.2) is 0 Å². The normalized spacial score (nSPS) is 14.1. The van der Waals surface area contributed by atoms with Crippen molar-refractivity contribution in [2.45, 2.75) is 39.3 Å².